The van der Waals surface area contributed by atoms with E-state index in [1.54, 1.807) is 6.08 Å². The Kier molecular flexibility index (Phi) is 9.56. The molecule has 1 spiro atoms. The zero-order chi connectivity index (χ0) is 20.2. The first-order valence-corrected chi connectivity index (χ1v) is 10.7. The van der Waals surface area contributed by atoms with Gasteiger partial charge in [0.15, 0.2) is 0 Å². The van der Waals surface area contributed by atoms with Crippen LogP contribution in [0, 0.1) is 5.41 Å². The fourth-order valence-electron chi connectivity index (χ4n) is 4.43. The van der Waals surface area contributed by atoms with Gasteiger partial charge in [0.25, 0.3) is 0 Å². The average Bonchev–Trinajstić information content (AvgIpc) is 2.66. The highest BCUT2D eigenvalue weighted by Crippen LogP contribution is 2.45. The fourth-order valence-corrected chi connectivity index (χ4v) is 4.43. The molecular weight excluding hydrogens is 352 g/mol. The van der Waals surface area contributed by atoms with E-state index in [1.165, 1.54) is 50.5 Å². The molecule has 0 bridgehead atoms. The lowest BCUT2D eigenvalue weighted by atomic mass is 9.67. The SMILES string of the molecule is C=C/C=C(\C=C/CC(CC(=O)O)OCC)OCC1=CC2(CCCCC2)CCC1. The van der Waals surface area contributed by atoms with Gasteiger partial charge in [0.05, 0.1) is 12.5 Å². The van der Waals surface area contributed by atoms with Crippen molar-refractivity contribution in [2.24, 2.45) is 5.41 Å². The summed E-state index contributed by atoms with van der Waals surface area (Å²) in [7, 11) is 0. The van der Waals surface area contributed by atoms with Crippen molar-refractivity contribution in [3.8, 4) is 0 Å². The molecule has 2 aliphatic rings. The van der Waals surface area contributed by atoms with Crippen molar-refractivity contribution >= 4 is 5.97 Å². The summed E-state index contributed by atoms with van der Waals surface area (Å²) in [5.74, 6) is -0.0874. The highest BCUT2D eigenvalue weighted by Gasteiger charge is 2.32. The number of carbonyl (C=O) groups is 1. The van der Waals surface area contributed by atoms with Crippen LogP contribution in [0.25, 0.3) is 0 Å². The summed E-state index contributed by atoms with van der Waals surface area (Å²) in [5, 5.41) is 8.98. The van der Waals surface area contributed by atoms with Crippen molar-refractivity contribution < 1.29 is 19.4 Å². The number of hydrogen-bond acceptors (Lipinski definition) is 3. The Balaban J connectivity index is 1.90. The minimum absolute atomic E-state index is 0.00844. The predicted molar refractivity (Wildman–Crippen MR) is 113 cm³/mol. The summed E-state index contributed by atoms with van der Waals surface area (Å²) in [5.41, 5.74) is 1.84. The Hall–Kier alpha value is -1.81. The van der Waals surface area contributed by atoms with E-state index in [0.717, 1.165) is 12.2 Å². The van der Waals surface area contributed by atoms with Gasteiger partial charge in [-0.25, -0.2) is 0 Å². The van der Waals surface area contributed by atoms with Crippen LogP contribution in [-0.4, -0.2) is 30.4 Å². The molecule has 1 unspecified atom stereocenters. The molecule has 4 nitrogen and oxygen atoms in total. The second-order valence-corrected chi connectivity index (χ2v) is 7.99. The van der Waals surface area contributed by atoms with Crippen molar-refractivity contribution in [2.45, 2.75) is 77.2 Å². The van der Waals surface area contributed by atoms with Crippen LogP contribution in [0.15, 0.2) is 48.3 Å². The van der Waals surface area contributed by atoms with Gasteiger partial charge in [-0.1, -0.05) is 44.1 Å². The van der Waals surface area contributed by atoms with E-state index in [9.17, 15) is 4.79 Å². The average molecular weight is 389 g/mol. The van der Waals surface area contributed by atoms with E-state index in [-0.39, 0.29) is 12.5 Å². The maximum Gasteiger partial charge on any atom is 0.305 e. The molecule has 0 aromatic heterocycles. The van der Waals surface area contributed by atoms with Crippen molar-refractivity contribution in [1.29, 1.82) is 0 Å². The lowest BCUT2D eigenvalue weighted by Gasteiger charge is -2.38. The molecule has 1 fully saturated rings. The van der Waals surface area contributed by atoms with E-state index in [0.29, 0.717) is 25.0 Å². The van der Waals surface area contributed by atoms with Crippen molar-refractivity contribution in [1.82, 2.24) is 0 Å². The molecule has 2 aliphatic carbocycles. The van der Waals surface area contributed by atoms with Crippen LogP contribution in [0.3, 0.4) is 0 Å². The topological polar surface area (TPSA) is 55.8 Å². The number of hydrogen-bond donors (Lipinski definition) is 1. The molecule has 0 aromatic carbocycles. The Morgan fingerprint density at radius 2 is 2.04 bits per heavy atom. The summed E-state index contributed by atoms with van der Waals surface area (Å²) in [6, 6.07) is 0. The molecule has 0 aliphatic heterocycles. The van der Waals surface area contributed by atoms with E-state index >= 15 is 0 Å². The molecule has 1 N–H and O–H groups in total. The lowest BCUT2D eigenvalue weighted by molar-refractivity contribution is -0.140. The second-order valence-electron chi connectivity index (χ2n) is 7.99. The molecule has 0 amide bonds. The van der Waals surface area contributed by atoms with Crippen molar-refractivity contribution in [3.63, 3.8) is 0 Å². The largest absolute Gasteiger partial charge is 0.489 e. The minimum Gasteiger partial charge on any atom is -0.489 e. The predicted octanol–water partition coefficient (Wildman–Crippen LogP) is 5.96. The summed E-state index contributed by atoms with van der Waals surface area (Å²) in [6.07, 6.45) is 20.6. The van der Waals surface area contributed by atoms with Gasteiger partial charge in [-0.2, -0.15) is 0 Å². The monoisotopic (exact) mass is 388 g/mol. The molecular formula is C24H36O4. The quantitative estimate of drug-likeness (QED) is 0.269. The van der Waals surface area contributed by atoms with Crippen LogP contribution in [-0.2, 0) is 14.3 Å². The Morgan fingerprint density at radius 3 is 2.71 bits per heavy atom. The Morgan fingerprint density at radius 1 is 1.29 bits per heavy atom. The van der Waals surface area contributed by atoms with Crippen LogP contribution >= 0.6 is 0 Å². The normalized spacial score (nSPS) is 20.8. The van der Waals surface area contributed by atoms with Gasteiger partial charge >= 0.3 is 5.97 Å². The molecule has 4 heteroatoms. The van der Waals surface area contributed by atoms with Gasteiger partial charge in [-0.05, 0) is 68.6 Å². The number of ether oxygens (including phenoxy) is 2. The fraction of sp³-hybridized carbons (Fsp3) is 0.625. The van der Waals surface area contributed by atoms with Crippen LogP contribution in [0.1, 0.15) is 71.1 Å². The third-order valence-corrected chi connectivity index (χ3v) is 5.72. The standard InChI is InChI=1S/C24H36O4/c1-3-10-21(12-8-13-22(27-4-2)17-23(25)26)28-19-20-11-9-16-24(18-20)14-6-5-7-15-24/h3,8,10,12,18,22H,1,4-7,9,11,13-17,19H2,2H3,(H,25,26)/b12-8-,21-10+. The maximum absolute atomic E-state index is 10.9. The number of aliphatic carboxylic acids is 1. The first kappa shape index (κ1) is 22.5. The van der Waals surface area contributed by atoms with E-state index < -0.39 is 5.97 Å². The third-order valence-electron chi connectivity index (χ3n) is 5.72. The van der Waals surface area contributed by atoms with E-state index in [4.69, 9.17) is 14.6 Å². The number of allylic oxidation sites excluding steroid dienone is 4. The van der Waals surface area contributed by atoms with Gasteiger partial charge in [-0.3, -0.25) is 4.79 Å². The summed E-state index contributed by atoms with van der Waals surface area (Å²) < 4.78 is 11.5. The molecule has 156 valence electrons. The Labute approximate surface area is 170 Å². The van der Waals surface area contributed by atoms with E-state index in [2.05, 4.69) is 12.7 Å². The molecule has 2 rings (SSSR count). The highest BCUT2D eigenvalue weighted by molar-refractivity contribution is 5.67. The summed E-state index contributed by atoms with van der Waals surface area (Å²) >= 11 is 0. The van der Waals surface area contributed by atoms with Crippen LogP contribution < -0.4 is 0 Å². The van der Waals surface area contributed by atoms with Gasteiger partial charge in [0.2, 0.25) is 0 Å². The smallest absolute Gasteiger partial charge is 0.305 e. The van der Waals surface area contributed by atoms with Gasteiger partial charge in [-0.15, -0.1) is 0 Å². The molecule has 1 atom stereocenters. The highest BCUT2D eigenvalue weighted by atomic mass is 16.5. The minimum atomic E-state index is -0.842. The molecule has 1 saturated carbocycles. The number of rotatable bonds is 11. The summed E-state index contributed by atoms with van der Waals surface area (Å²) in [6.45, 7) is 6.77. The van der Waals surface area contributed by atoms with Crippen LogP contribution in [0.5, 0.6) is 0 Å². The van der Waals surface area contributed by atoms with Crippen molar-refractivity contribution in [2.75, 3.05) is 13.2 Å². The van der Waals surface area contributed by atoms with Crippen molar-refractivity contribution in [3.05, 3.63) is 48.3 Å². The van der Waals surface area contributed by atoms with Crippen LogP contribution in [0.2, 0.25) is 0 Å². The Bertz CT molecular complexity index is 594. The van der Waals surface area contributed by atoms with Gasteiger partial charge < -0.3 is 14.6 Å². The molecule has 0 heterocycles. The first-order chi connectivity index (χ1) is 13.6. The second kappa shape index (κ2) is 11.9. The summed E-state index contributed by atoms with van der Waals surface area (Å²) in [4.78, 5) is 10.9. The third kappa shape index (κ3) is 7.67. The maximum atomic E-state index is 10.9. The van der Waals surface area contributed by atoms with Gasteiger partial charge in [0, 0.05) is 6.61 Å². The molecule has 0 saturated heterocycles. The zero-order valence-electron chi connectivity index (χ0n) is 17.3. The molecule has 28 heavy (non-hydrogen) atoms. The lowest BCUT2D eigenvalue weighted by Crippen LogP contribution is -2.25. The number of carboxylic acids is 1. The van der Waals surface area contributed by atoms with E-state index in [1.807, 2.05) is 25.2 Å². The number of carboxylic acid groups (broad SMARTS) is 1. The molecule has 0 radical (unpaired) electrons. The zero-order valence-corrected chi connectivity index (χ0v) is 17.3. The molecule has 0 aromatic rings. The van der Waals surface area contributed by atoms with Crippen LogP contribution in [0.4, 0.5) is 0 Å². The first-order valence-electron chi connectivity index (χ1n) is 10.7. The van der Waals surface area contributed by atoms with Gasteiger partial charge in [0.1, 0.15) is 12.4 Å².